The molecule has 0 spiro atoms. The average Bonchev–Trinajstić information content (AvgIpc) is 3.25. The van der Waals surface area contributed by atoms with Crippen LogP contribution in [-0.2, 0) is 0 Å². The fourth-order valence-electron chi connectivity index (χ4n) is 2.63. The van der Waals surface area contributed by atoms with Crippen molar-refractivity contribution in [3.63, 3.8) is 0 Å². The number of rotatable bonds is 2. The van der Waals surface area contributed by atoms with Crippen LogP contribution in [-0.4, -0.2) is 20.0 Å². The van der Waals surface area contributed by atoms with Crippen LogP contribution in [0.2, 0.25) is 0 Å². The maximum absolute atomic E-state index is 5.50. The van der Waals surface area contributed by atoms with Crippen molar-refractivity contribution >= 4 is 17.6 Å². The van der Waals surface area contributed by atoms with Crippen LogP contribution in [0.3, 0.4) is 0 Å². The monoisotopic (exact) mass is 333 g/mol. The molecule has 0 unspecified atom stereocenters. The summed E-state index contributed by atoms with van der Waals surface area (Å²) >= 11 is 1.50. The lowest BCUT2D eigenvalue weighted by molar-refractivity contribution is 0.428. The zero-order chi connectivity index (χ0) is 15.9. The highest BCUT2D eigenvalue weighted by atomic mass is 32.2. The van der Waals surface area contributed by atoms with Gasteiger partial charge in [0.25, 0.3) is 5.88 Å². The minimum Gasteiger partial charge on any atom is -0.335 e. The van der Waals surface area contributed by atoms with E-state index in [1.54, 1.807) is 0 Å². The smallest absolute Gasteiger partial charge is 0.258 e. The number of aromatic nitrogens is 4. The molecule has 5 rings (SSSR count). The summed E-state index contributed by atoms with van der Waals surface area (Å²) in [7, 11) is 0. The van der Waals surface area contributed by atoms with Crippen LogP contribution in [0, 0.1) is 0 Å². The van der Waals surface area contributed by atoms with Gasteiger partial charge in [-0.3, -0.25) is 5.43 Å². The molecule has 2 aromatic heterocycles. The first-order chi connectivity index (χ1) is 11.9. The third-order valence-electron chi connectivity index (χ3n) is 3.77. The van der Waals surface area contributed by atoms with E-state index in [0.29, 0.717) is 5.88 Å². The molecule has 0 aliphatic carbocycles. The first-order valence-corrected chi connectivity index (χ1v) is 8.22. The van der Waals surface area contributed by atoms with E-state index >= 15 is 0 Å². The average molecular weight is 333 g/mol. The van der Waals surface area contributed by atoms with Crippen LogP contribution in [0.25, 0.3) is 22.6 Å². The molecule has 0 bridgehead atoms. The number of hydrogen-bond acceptors (Lipinski definition) is 6. The molecule has 6 nitrogen and oxygen atoms in total. The summed E-state index contributed by atoms with van der Waals surface area (Å²) in [4.78, 5) is 0.917. The van der Waals surface area contributed by atoms with Gasteiger partial charge < -0.3 is 4.52 Å². The van der Waals surface area contributed by atoms with E-state index in [4.69, 9.17) is 4.52 Å². The van der Waals surface area contributed by atoms with Gasteiger partial charge in [0.05, 0.1) is 0 Å². The molecule has 7 heteroatoms. The van der Waals surface area contributed by atoms with Gasteiger partial charge in [0.1, 0.15) is 10.6 Å². The second-order valence-corrected chi connectivity index (χ2v) is 6.25. The van der Waals surface area contributed by atoms with E-state index < -0.39 is 0 Å². The Morgan fingerprint density at radius 2 is 1.58 bits per heavy atom. The lowest BCUT2D eigenvalue weighted by atomic mass is 10.1. The number of benzene rings is 2. The van der Waals surface area contributed by atoms with E-state index in [1.807, 2.05) is 65.3 Å². The minimum atomic E-state index is 0.600. The molecule has 0 radical (unpaired) electrons. The highest BCUT2D eigenvalue weighted by Gasteiger charge is 2.28. The second-order valence-electron chi connectivity index (χ2n) is 5.28. The van der Waals surface area contributed by atoms with Crippen molar-refractivity contribution in [1.82, 2.24) is 20.0 Å². The maximum atomic E-state index is 5.50. The van der Waals surface area contributed by atoms with Gasteiger partial charge in [-0.25, -0.2) is 4.68 Å². The highest BCUT2D eigenvalue weighted by molar-refractivity contribution is 7.99. The fourth-order valence-corrected chi connectivity index (χ4v) is 3.55. The Morgan fingerprint density at radius 1 is 0.875 bits per heavy atom. The van der Waals surface area contributed by atoms with Gasteiger partial charge in [0, 0.05) is 11.1 Å². The number of anilines is 1. The summed E-state index contributed by atoms with van der Waals surface area (Å²) < 4.78 is 7.32. The van der Waals surface area contributed by atoms with Gasteiger partial charge in [-0.1, -0.05) is 65.8 Å². The van der Waals surface area contributed by atoms with E-state index in [1.165, 1.54) is 11.8 Å². The van der Waals surface area contributed by atoms with Crippen LogP contribution in [0.15, 0.2) is 75.2 Å². The van der Waals surface area contributed by atoms with Gasteiger partial charge >= 0.3 is 0 Å². The number of hydrogen-bond donors (Lipinski definition) is 1. The molecule has 1 aliphatic rings. The molecular weight excluding hydrogens is 322 g/mol. The van der Waals surface area contributed by atoms with Gasteiger partial charge in [0.2, 0.25) is 5.16 Å². The van der Waals surface area contributed by atoms with Gasteiger partial charge in [0.15, 0.2) is 5.82 Å². The van der Waals surface area contributed by atoms with Crippen LogP contribution in [0.1, 0.15) is 0 Å². The molecule has 1 N–H and O–H groups in total. The lowest BCUT2D eigenvalue weighted by Gasteiger charge is -2.15. The third-order valence-corrected chi connectivity index (χ3v) is 4.80. The van der Waals surface area contributed by atoms with Gasteiger partial charge in [-0.05, 0) is 11.8 Å². The van der Waals surface area contributed by atoms with Crippen molar-refractivity contribution in [2.75, 3.05) is 5.43 Å². The normalized spacial score (nSPS) is 12.3. The van der Waals surface area contributed by atoms with Gasteiger partial charge in [-0.15, -0.1) is 10.2 Å². The molecule has 0 atom stereocenters. The van der Waals surface area contributed by atoms with Crippen molar-refractivity contribution < 1.29 is 4.52 Å². The molecule has 0 amide bonds. The molecule has 2 aromatic carbocycles. The Kier molecular flexibility index (Phi) is 2.92. The Labute approximate surface area is 141 Å². The second kappa shape index (κ2) is 5.24. The van der Waals surface area contributed by atoms with Crippen molar-refractivity contribution in [3.8, 4) is 22.6 Å². The van der Waals surface area contributed by atoms with Crippen LogP contribution in [0.4, 0.5) is 5.88 Å². The van der Waals surface area contributed by atoms with Crippen LogP contribution < -0.4 is 5.43 Å². The zero-order valence-electron chi connectivity index (χ0n) is 12.4. The van der Waals surface area contributed by atoms with E-state index in [2.05, 4.69) is 20.8 Å². The van der Waals surface area contributed by atoms with Crippen molar-refractivity contribution in [3.05, 3.63) is 60.7 Å². The molecular formula is C17H11N5OS. The van der Waals surface area contributed by atoms with Crippen molar-refractivity contribution in [2.24, 2.45) is 0 Å². The third kappa shape index (κ3) is 2.02. The SMILES string of the molecule is c1ccc(-c2noc3c2Sc2nnc(-c4ccccc4)n2N3)cc1. The van der Waals surface area contributed by atoms with Crippen LogP contribution in [0.5, 0.6) is 0 Å². The number of nitrogens with one attached hydrogen (secondary N) is 1. The van der Waals surface area contributed by atoms with Crippen molar-refractivity contribution in [2.45, 2.75) is 10.1 Å². The predicted octanol–water partition coefficient (Wildman–Crippen LogP) is 3.94. The van der Waals surface area contributed by atoms with E-state index in [-0.39, 0.29) is 0 Å². The molecule has 0 fully saturated rings. The molecule has 3 heterocycles. The summed E-state index contributed by atoms with van der Waals surface area (Å²) in [6.07, 6.45) is 0. The standard InChI is InChI=1S/C17H11N5OS/c1-3-7-11(8-4-1)13-14-16(23-21-13)20-22-15(18-19-17(22)24-14)12-9-5-2-6-10-12/h1-10,20H. The molecule has 0 saturated heterocycles. The fraction of sp³-hybridized carbons (Fsp3) is 0. The van der Waals surface area contributed by atoms with E-state index in [9.17, 15) is 0 Å². The predicted molar refractivity (Wildman–Crippen MR) is 90.5 cm³/mol. The highest BCUT2D eigenvalue weighted by Crippen LogP contribution is 2.44. The summed E-state index contributed by atoms with van der Waals surface area (Å²) in [5, 5.41) is 13.6. The summed E-state index contributed by atoms with van der Waals surface area (Å²) in [5.74, 6) is 1.34. The first kappa shape index (κ1) is 13.4. The summed E-state index contributed by atoms with van der Waals surface area (Å²) in [6, 6.07) is 19.9. The summed E-state index contributed by atoms with van der Waals surface area (Å²) in [5.41, 5.74) is 6.01. The Bertz CT molecular complexity index is 926. The Balaban J connectivity index is 1.57. The van der Waals surface area contributed by atoms with Crippen LogP contribution >= 0.6 is 11.8 Å². The maximum Gasteiger partial charge on any atom is 0.258 e. The molecule has 24 heavy (non-hydrogen) atoms. The number of nitrogens with zero attached hydrogens (tertiary/aromatic N) is 4. The van der Waals surface area contributed by atoms with Crippen molar-refractivity contribution in [1.29, 1.82) is 0 Å². The Morgan fingerprint density at radius 3 is 2.33 bits per heavy atom. The van der Waals surface area contributed by atoms with E-state index in [0.717, 1.165) is 32.7 Å². The zero-order valence-corrected chi connectivity index (χ0v) is 13.2. The lowest BCUT2D eigenvalue weighted by Crippen LogP contribution is -2.15. The Hall–Kier alpha value is -3.06. The largest absolute Gasteiger partial charge is 0.335 e. The molecule has 116 valence electrons. The van der Waals surface area contributed by atoms with Gasteiger partial charge in [-0.2, -0.15) is 0 Å². The summed E-state index contributed by atoms with van der Waals surface area (Å²) in [6.45, 7) is 0. The topological polar surface area (TPSA) is 68.8 Å². The first-order valence-electron chi connectivity index (χ1n) is 7.41. The molecule has 4 aromatic rings. The molecule has 0 saturated carbocycles. The quantitative estimate of drug-likeness (QED) is 0.528. The minimum absolute atomic E-state index is 0.600. The molecule has 1 aliphatic heterocycles. The number of fused-ring (bicyclic) bond motifs is 2.